The summed E-state index contributed by atoms with van der Waals surface area (Å²) in [4.78, 5) is 20.8. The van der Waals surface area contributed by atoms with E-state index in [1.54, 1.807) is 11.3 Å². The highest BCUT2D eigenvalue weighted by Crippen LogP contribution is 2.24. The average Bonchev–Trinajstić information content (AvgIpc) is 2.83. The number of non-ortho nitro benzene ring substituents is 2. The molecular weight excluding hydrogens is 445 g/mol. The van der Waals surface area contributed by atoms with Gasteiger partial charge >= 0.3 is 0 Å². The first-order valence-electron chi connectivity index (χ1n) is 6.76. The highest BCUT2D eigenvalue weighted by Gasteiger charge is 2.21. The van der Waals surface area contributed by atoms with Crippen LogP contribution in [-0.2, 0) is 6.54 Å². The summed E-state index contributed by atoms with van der Waals surface area (Å²) in [6, 6.07) is 11.6. The lowest BCUT2D eigenvalue weighted by atomic mass is 10.1. The third kappa shape index (κ3) is 3.51. The van der Waals surface area contributed by atoms with Crippen molar-refractivity contribution in [1.29, 1.82) is 0 Å². The molecule has 0 N–H and O–H groups in total. The smallest absolute Gasteiger partial charge is 0.276 e. The van der Waals surface area contributed by atoms with Gasteiger partial charge in [0.05, 0.1) is 15.9 Å². The molecule has 0 atom stereocenters. The maximum Gasteiger partial charge on any atom is 0.276 e. The fraction of sp³-hybridized carbons (Fsp3) is 0.133. The third-order valence-electron chi connectivity index (χ3n) is 3.52. The molecule has 0 unspecified atom stereocenters. The summed E-state index contributed by atoms with van der Waals surface area (Å²) >= 11 is 1.61. The number of para-hydroxylation sites is 1. The lowest BCUT2D eigenvalue weighted by Gasteiger charge is -2.00. The molecule has 0 bridgehead atoms. The van der Waals surface area contributed by atoms with Crippen LogP contribution in [0.4, 0.5) is 11.4 Å². The summed E-state index contributed by atoms with van der Waals surface area (Å²) in [5.41, 5.74) is 0.991. The van der Waals surface area contributed by atoms with E-state index in [2.05, 4.69) is 0 Å². The number of aromatic nitrogens is 1. The van der Waals surface area contributed by atoms with Crippen molar-refractivity contribution in [2.75, 3.05) is 0 Å². The average molecular weight is 457 g/mol. The Morgan fingerprint density at radius 1 is 1.04 bits per heavy atom. The maximum atomic E-state index is 11.0. The first-order valence-corrected chi connectivity index (χ1v) is 7.58. The van der Waals surface area contributed by atoms with E-state index in [4.69, 9.17) is 0 Å². The Balaban J connectivity index is 0.00000208. The summed E-state index contributed by atoms with van der Waals surface area (Å²) in [6.07, 6.45) is 0. The van der Waals surface area contributed by atoms with Crippen molar-refractivity contribution in [2.45, 2.75) is 13.5 Å². The molecule has 24 heavy (non-hydrogen) atoms. The van der Waals surface area contributed by atoms with Gasteiger partial charge in [0.15, 0.2) is 6.54 Å². The van der Waals surface area contributed by atoms with Crippen LogP contribution in [0.25, 0.3) is 10.2 Å². The molecule has 0 aliphatic heterocycles. The Bertz CT molecular complexity index is 909. The summed E-state index contributed by atoms with van der Waals surface area (Å²) < 4.78 is 3.10. The van der Waals surface area contributed by atoms with Crippen molar-refractivity contribution in [3.05, 3.63) is 73.3 Å². The first-order chi connectivity index (χ1) is 11.0. The van der Waals surface area contributed by atoms with Crippen molar-refractivity contribution in [2.24, 2.45) is 0 Å². The highest BCUT2D eigenvalue weighted by atomic mass is 127. The fourth-order valence-corrected chi connectivity index (χ4v) is 3.51. The van der Waals surface area contributed by atoms with Gasteiger partial charge in [-0.05, 0) is 6.07 Å². The Kier molecular flexibility index (Phi) is 5.44. The van der Waals surface area contributed by atoms with E-state index in [0.717, 1.165) is 21.3 Å². The van der Waals surface area contributed by atoms with Crippen LogP contribution in [0.15, 0.2) is 42.5 Å². The zero-order chi connectivity index (χ0) is 16.6. The molecular formula is C15H12IN3O4S. The molecule has 0 saturated heterocycles. The molecule has 7 nitrogen and oxygen atoms in total. The van der Waals surface area contributed by atoms with Gasteiger partial charge in [0.1, 0.15) is 4.70 Å². The standard InChI is InChI=1S/C15H12N3O4S.HI/c1-10-16(14-4-2-3-5-15(14)23-10)9-11-6-12(17(19)20)8-13(7-11)18(21)22;/h2-8H,9H2,1H3;1H/q+1;/p-1. The third-order valence-corrected chi connectivity index (χ3v) is 4.60. The van der Waals surface area contributed by atoms with Gasteiger partial charge in [-0.25, -0.2) is 0 Å². The number of hydrogen-bond donors (Lipinski definition) is 0. The van der Waals surface area contributed by atoms with E-state index in [9.17, 15) is 20.2 Å². The van der Waals surface area contributed by atoms with E-state index in [1.807, 2.05) is 35.8 Å². The largest absolute Gasteiger partial charge is 1.00 e. The minimum atomic E-state index is -0.611. The molecule has 0 fully saturated rings. The van der Waals surface area contributed by atoms with Crippen LogP contribution < -0.4 is 28.5 Å². The summed E-state index contributed by atoms with van der Waals surface area (Å²) in [5, 5.41) is 23.0. The second-order valence-electron chi connectivity index (χ2n) is 5.05. The molecule has 0 aliphatic carbocycles. The monoisotopic (exact) mass is 457 g/mol. The molecule has 3 aromatic rings. The van der Waals surface area contributed by atoms with E-state index in [0.29, 0.717) is 12.1 Å². The van der Waals surface area contributed by atoms with Crippen molar-refractivity contribution in [3.8, 4) is 0 Å². The van der Waals surface area contributed by atoms with Crippen LogP contribution in [0.1, 0.15) is 10.6 Å². The molecule has 0 radical (unpaired) electrons. The number of aryl methyl sites for hydroxylation is 1. The van der Waals surface area contributed by atoms with Gasteiger partial charge in [-0.1, -0.05) is 23.5 Å². The normalized spacial score (nSPS) is 10.4. The van der Waals surface area contributed by atoms with Crippen LogP contribution >= 0.6 is 11.3 Å². The van der Waals surface area contributed by atoms with Crippen molar-refractivity contribution in [1.82, 2.24) is 0 Å². The fourth-order valence-electron chi connectivity index (χ4n) is 2.49. The molecule has 0 aliphatic rings. The van der Waals surface area contributed by atoms with Crippen LogP contribution in [0, 0.1) is 27.2 Å². The molecule has 0 spiro atoms. The van der Waals surface area contributed by atoms with Crippen LogP contribution in [-0.4, -0.2) is 9.85 Å². The van der Waals surface area contributed by atoms with E-state index in [-0.39, 0.29) is 35.4 Å². The number of benzene rings is 2. The van der Waals surface area contributed by atoms with E-state index >= 15 is 0 Å². The molecule has 0 saturated carbocycles. The number of fused-ring (bicyclic) bond motifs is 1. The zero-order valence-corrected chi connectivity index (χ0v) is 15.5. The zero-order valence-electron chi connectivity index (χ0n) is 12.5. The van der Waals surface area contributed by atoms with Gasteiger partial charge in [0.25, 0.3) is 11.4 Å². The molecule has 1 heterocycles. The topological polar surface area (TPSA) is 90.2 Å². The number of nitro groups is 2. The molecule has 2 aromatic carbocycles. The summed E-state index contributed by atoms with van der Waals surface area (Å²) in [7, 11) is 0. The summed E-state index contributed by atoms with van der Waals surface area (Å²) in [5.74, 6) is 0. The van der Waals surface area contributed by atoms with Crippen molar-refractivity contribution < 1.29 is 38.4 Å². The highest BCUT2D eigenvalue weighted by molar-refractivity contribution is 7.18. The second-order valence-corrected chi connectivity index (χ2v) is 6.28. The molecule has 0 amide bonds. The van der Waals surface area contributed by atoms with E-state index in [1.165, 1.54) is 12.1 Å². The Morgan fingerprint density at radius 2 is 1.62 bits per heavy atom. The minimum absolute atomic E-state index is 0. The quantitative estimate of drug-likeness (QED) is 0.245. The molecule has 9 heteroatoms. The number of thiazole rings is 1. The van der Waals surface area contributed by atoms with Crippen molar-refractivity contribution >= 4 is 32.9 Å². The number of rotatable bonds is 4. The Labute approximate surface area is 157 Å². The predicted octanol–water partition coefficient (Wildman–Crippen LogP) is 0.366. The van der Waals surface area contributed by atoms with Crippen LogP contribution in [0.2, 0.25) is 0 Å². The van der Waals surface area contributed by atoms with Crippen molar-refractivity contribution in [3.63, 3.8) is 0 Å². The van der Waals surface area contributed by atoms with Gasteiger partial charge in [-0.3, -0.25) is 20.2 Å². The lowest BCUT2D eigenvalue weighted by Crippen LogP contribution is -3.00. The minimum Gasteiger partial charge on any atom is -1.00 e. The van der Waals surface area contributed by atoms with E-state index < -0.39 is 9.85 Å². The molecule has 3 rings (SSSR count). The van der Waals surface area contributed by atoms with Gasteiger partial charge < -0.3 is 24.0 Å². The predicted molar refractivity (Wildman–Crippen MR) is 85.6 cm³/mol. The summed E-state index contributed by atoms with van der Waals surface area (Å²) in [6.45, 7) is 2.30. The van der Waals surface area contributed by atoms with Crippen LogP contribution in [0.5, 0.6) is 0 Å². The lowest BCUT2D eigenvalue weighted by molar-refractivity contribution is -0.664. The van der Waals surface area contributed by atoms with Gasteiger partial charge in [0, 0.05) is 30.7 Å². The maximum absolute atomic E-state index is 11.0. The Morgan fingerprint density at radius 3 is 2.21 bits per heavy atom. The SMILES string of the molecule is Cc1sc2ccccc2[n+]1Cc1cc([N+](=O)[O-])cc([N+](=O)[O-])c1.[I-]. The van der Waals surface area contributed by atoms with Crippen LogP contribution in [0.3, 0.4) is 0 Å². The Hall–Kier alpha value is -2.14. The first kappa shape index (κ1) is 18.2. The van der Waals surface area contributed by atoms with Gasteiger partial charge in [-0.2, -0.15) is 4.57 Å². The number of halogens is 1. The number of hydrogen-bond acceptors (Lipinski definition) is 5. The second kappa shape index (κ2) is 7.18. The molecule has 1 aromatic heterocycles. The number of nitro benzene ring substituents is 2. The van der Waals surface area contributed by atoms with Gasteiger partial charge in [0.2, 0.25) is 10.5 Å². The number of nitrogens with zero attached hydrogens (tertiary/aromatic N) is 3. The molecule has 124 valence electrons. The van der Waals surface area contributed by atoms with Gasteiger partial charge in [-0.15, -0.1) is 0 Å².